The molecule has 0 aliphatic rings. The lowest BCUT2D eigenvalue weighted by molar-refractivity contribution is -0.127. The van der Waals surface area contributed by atoms with Crippen LogP contribution in [0.4, 0.5) is 0 Å². The van der Waals surface area contributed by atoms with Gasteiger partial charge in [-0.1, -0.05) is 43.6 Å². The van der Waals surface area contributed by atoms with Gasteiger partial charge in [0.15, 0.2) is 6.10 Å². The van der Waals surface area contributed by atoms with Gasteiger partial charge in [0.25, 0.3) is 5.91 Å². The Labute approximate surface area is 160 Å². The smallest absolute Gasteiger partial charge is 0.260 e. The summed E-state index contributed by atoms with van der Waals surface area (Å²) in [6, 6.07) is 13.3. The first-order valence-electron chi connectivity index (χ1n) is 8.80. The molecule has 0 saturated heterocycles. The second-order valence-electron chi connectivity index (χ2n) is 6.50. The van der Waals surface area contributed by atoms with Crippen LogP contribution in [0.5, 0.6) is 11.5 Å². The van der Waals surface area contributed by atoms with E-state index >= 15 is 0 Å². The third-order valence-electron chi connectivity index (χ3n) is 4.01. The molecule has 4 nitrogen and oxygen atoms in total. The Hall–Kier alpha value is -2.20. The van der Waals surface area contributed by atoms with Crippen LogP contribution in [0, 0.1) is 6.92 Å². The second-order valence-corrected chi connectivity index (χ2v) is 6.91. The van der Waals surface area contributed by atoms with Crippen LogP contribution in [-0.4, -0.2) is 25.2 Å². The van der Waals surface area contributed by atoms with Crippen LogP contribution in [0.15, 0.2) is 42.5 Å². The number of aryl methyl sites for hydroxylation is 1. The molecule has 2 aromatic carbocycles. The normalized spacial score (nSPS) is 11.9. The lowest BCUT2D eigenvalue weighted by Gasteiger charge is -2.16. The number of para-hydroxylation sites is 1. The third-order valence-corrected chi connectivity index (χ3v) is 4.44. The van der Waals surface area contributed by atoms with E-state index in [0.717, 1.165) is 16.9 Å². The number of halogens is 1. The fraction of sp³-hybridized carbons (Fsp3) is 0.381. The van der Waals surface area contributed by atoms with Crippen molar-refractivity contribution in [2.75, 3.05) is 13.2 Å². The number of nitrogens with one attached hydrogen (secondary N) is 1. The molecule has 2 rings (SSSR count). The van der Waals surface area contributed by atoms with Gasteiger partial charge in [-0.25, -0.2) is 0 Å². The van der Waals surface area contributed by atoms with Gasteiger partial charge in [-0.05, 0) is 55.2 Å². The van der Waals surface area contributed by atoms with Gasteiger partial charge in [-0.3, -0.25) is 4.79 Å². The highest BCUT2D eigenvalue weighted by atomic mass is 35.5. The van der Waals surface area contributed by atoms with Gasteiger partial charge >= 0.3 is 0 Å². The molecule has 1 N–H and O–H groups in total. The van der Waals surface area contributed by atoms with Crippen molar-refractivity contribution in [2.45, 2.75) is 39.7 Å². The molecule has 26 heavy (non-hydrogen) atoms. The average Bonchev–Trinajstić information content (AvgIpc) is 2.61. The van der Waals surface area contributed by atoms with Crippen molar-refractivity contribution in [3.05, 3.63) is 58.6 Å². The SMILES string of the molecule is Cc1cc(O[C@@H](C)C(=O)NCCOc2ccccc2C(C)C)ccc1Cl. The van der Waals surface area contributed by atoms with E-state index in [-0.39, 0.29) is 5.91 Å². The molecule has 0 fully saturated rings. The molecule has 0 radical (unpaired) electrons. The Kier molecular flexibility index (Phi) is 7.34. The molecule has 1 atom stereocenters. The molecule has 5 heteroatoms. The predicted molar refractivity (Wildman–Crippen MR) is 105 cm³/mol. The van der Waals surface area contributed by atoms with Crippen molar-refractivity contribution in [3.63, 3.8) is 0 Å². The highest BCUT2D eigenvalue weighted by Crippen LogP contribution is 2.25. The first-order chi connectivity index (χ1) is 12.4. The summed E-state index contributed by atoms with van der Waals surface area (Å²) in [4.78, 5) is 12.2. The van der Waals surface area contributed by atoms with Crippen LogP contribution < -0.4 is 14.8 Å². The number of amides is 1. The molecule has 0 aromatic heterocycles. The van der Waals surface area contributed by atoms with Gasteiger partial charge in [-0.15, -0.1) is 0 Å². The van der Waals surface area contributed by atoms with Gasteiger partial charge in [0.05, 0.1) is 6.54 Å². The highest BCUT2D eigenvalue weighted by molar-refractivity contribution is 6.31. The molecule has 0 bridgehead atoms. The average molecular weight is 376 g/mol. The lowest BCUT2D eigenvalue weighted by atomic mass is 10.0. The zero-order chi connectivity index (χ0) is 19.1. The minimum absolute atomic E-state index is 0.182. The quantitative estimate of drug-likeness (QED) is 0.678. The summed E-state index contributed by atoms with van der Waals surface area (Å²) in [7, 11) is 0. The van der Waals surface area contributed by atoms with Gasteiger partial charge in [0, 0.05) is 5.02 Å². The molecule has 0 aliphatic heterocycles. The third kappa shape index (κ3) is 5.67. The van der Waals surface area contributed by atoms with Crippen molar-refractivity contribution < 1.29 is 14.3 Å². The number of carbonyl (C=O) groups excluding carboxylic acids is 1. The van der Waals surface area contributed by atoms with E-state index in [2.05, 4.69) is 25.2 Å². The van der Waals surface area contributed by atoms with Gasteiger partial charge < -0.3 is 14.8 Å². The molecule has 0 heterocycles. The molecule has 140 valence electrons. The Balaban J connectivity index is 1.78. The monoisotopic (exact) mass is 375 g/mol. The molecule has 0 spiro atoms. The van der Waals surface area contributed by atoms with E-state index in [4.69, 9.17) is 21.1 Å². The Morgan fingerprint density at radius 3 is 2.58 bits per heavy atom. The van der Waals surface area contributed by atoms with E-state index in [1.807, 2.05) is 31.2 Å². The second kappa shape index (κ2) is 9.48. The molecule has 2 aromatic rings. The largest absolute Gasteiger partial charge is 0.491 e. The lowest BCUT2D eigenvalue weighted by Crippen LogP contribution is -2.38. The number of carbonyl (C=O) groups is 1. The summed E-state index contributed by atoms with van der Waals surface area (Å²) in [5, 5.41) is 3.51. The summed E-state index contributed by atoms with van der Waals surface area (Å²) < 4.78 is 11.5. The molecule has 0 aliphatic carbocycles. The van der Waals surface area contributed by atoms with Crippen LogP contribution >= 0.6 is 11.6 Å². The number of hydrogen-bond acceptors (Lipinski definition) is 3. The van der Waals surface area contributed by atoms with Gasteiger partial charge in [0.2, 0.25) is 0 Å². The summed E-state index contributed by atoms with van der Waals surface area (Å²) in [6.45, 7) is 8.68. The van der Waals surface area contributed by atoms with E-state index in [1.165, 1.54) is 0 Å². The van der Waals surface area contributed by atoms with Crippen molar-refractivity contribution in [1.82, 2.24) is 5.32 Å². The molecule has 0 unspecified atom stereocenters. The minimum Gasteiger partial charge on any atom is -0.491 e. The minimum atomic E-state index is -0.599. The Morgan fingerprint density at radius 1 is 1.15 bits per heavy atom. The molecular weight excluding hydrogens is 350 g/mol. The van der Waals surface area contributed by atoms with Crippen LogP contribution in [0.25, 0.3) is 0 Å². The van der Waals surface area contributed by atoms with E-state index in [0.29, 0.717) is 29.8 Å². The number of ether oxygens (including phenoxy) is 2. The van der Waals surface area contributed by atoms with Crippen LogP contribution in [0.1, 0.15) is 37.8 Å². The number of hydrogen-bond donors (Lipinski definition) is 1. The summed E-state index contributed by atoms with van der Waals surface area (Å²) in [6.07, 6.45) is -0.599. The molecule has 0 saturated carbocycles. The summed E-state index contributed by atoms with van der Waals surface area (Å²) in [5.41, 5.74) is 2.07. The van der Waals surface area contributed by atoms with E-state index < -0.39 is 6.10 Å². The number of benzene rings is 2. The van der Waals surface area contributed by atoms with Crippen LogP contribution in [0.2, 0.25) is 5.02 Å². The topological polar surface area (TPSA) is 47.6 Å². The zero-order valence-corrected chi connectivity index (χ0v) is 16.5. The van der Waals surface area contributed by atoms with Crippen molar-refractivity contribution in [2.24, 2.45) is 0 Å². The Bertz CT molecular complexity index is 746. The summed E-state index contributed by atoms with van der Waals surface area (Å²) in [5.74, 6) is 1.68. The van der Waals surface area contributed by atoms with Gasteiger partial charge in [0.1, 0.15) is 18.1 Å². The van der Waals surface area contributed by atoms with Crippen LogP contribution in [0.3, 0.4) is 0 Å². The molecular formula is C21H26ClNO3. The standard InChI is InChI=1S/C21H26ClNO3/c1-14(2)18-7-5-6-8-20(18)25-12-11-23-21(24)16(4)26-17-9-10-19(22)15(3)13-17/h5-10,13-14,16H,11-12H2,1-4H3,(H,23,24)/t16-/m0/s1. The Morgan fingerprint density at radius 2 is 1.88 bits per heavy atom. The molecule has 1 amide bonds. The fourth-order valence-corrected chi connectivity index (χ4v) is 2.63. The first kappa shape index (κ1) is 20.1. The predicted octanol–water partition coefficient (Wildman–Crippen LogP) is 4.73. The van der Waals surface area contributed by atoms with Crippen molar-refractivity contribution in [1.29, 1.82) is 0 Å². The number of rotatable bonds is 8. The highest BCUT2D eigenvalue weighted by Gasteiger charge is 2.14. The van der Waals surface area contributed by atoms with Crippen molar-refractivity contribution in [3.8, 4) is 11.5 Å². The van der Waals surface area contributed by atoms with Crippen molar-refractivity contribution >= 4 is 17.5 Å². The fourth-order valence-electron chi connectivity index (χ4n) is 2.52. The first-order valence-corrected chi connectivity index (χ1v) is 9.18. The van der Waals surface area contributed by atoms with E-state index in [9.17, 15) is 4.79 Å². The zero-order valence-electron chi connectivity index (χ0n) is 15.7. The van der Waals surface area contributed by atoms with Crippen LogP contribution in [-0.2, 0) is 4.79 Å². The van der Waals surface area contributed by atoms with Gasteiger partial charge in [-0.2, -0.15) is 0 Å². The maximum absolute atomic E-state index is 12.2. The summed E-state index contributed by atoms with van der Waals surface area (Å²) >= 11 is 6.00. The maximum atomic E-state index is 12.2. The van der Waals surface area contributed by atoms with E-state index in [1.54, 1.807) is 19.1 Å². The maximum Gasteiger partial charge on any atom is 0.260 e.